The molecule has 3 N–H and O–H groups in total. The van der Waals surface area contributed by atoms with E-state index < -0.39 is 11.6 Å². The van der Waals surface area contributed by atoms with Crippen LogP contribution in [-0.4, -0.2) is 56.2 Å². The van der Waals surface area contributed by atoms with Crippen LogP contribution in [0.1, 0.15) is 26.3 Å². The van der Waals surface area contributed by atoms with Crippen LogP contribution in [-0.2, 0) is 15.1 Å². The number of nitrogens with one attached hydrogen (secondary N) is 3. The minimum atomic E-state index is -1.16. The molecule has 8 nitrogen and oxygen atoms in total. The van der Waals surface area contributed by atoms with E-state index in [0.717, 1.165) is 9.80 Å². The lowest BCUT2D eigenvalue weighted by molar-refractivity contribution is -0.879. The van der Waals surface area contributed by atoms with E-state index >= 15 is 0 Å². The Morgan fingerprint density at radius 3 is 2.69 bits per heavy atom. The van der Waals surface area contributed by atoms with Crippen molar-refractivity contribution in [3.63, 3.8) is 0 Å². The van der Waals surface area contributed by atoms with Crippen molar-refractivity contribution in [3.8, 4) is 5.75 Å². The summed E-state index contributed by atoms with van der Waals surface area (Å²) in [5.41, 5.74) is -0.514. The highest BCUT2D eigenvalue weighted by molar-refractivity contribution is 6.07. The second kappa shape index (κ2) is 7.74. The van der Waals surface area contributed by atoms with Crippen LogP contribution in [0.15, 0.2) is 24.3 Å². The molecule has 0 saturated carbocycles. The molecular weight excluding hydrogens is 336 g/mol. The maximum absolute atomic E-state index is 12.9. The first-order valence-corrected chi connectivity index (χ1v) is 8.56. The zero-order valence-electron chi connectivity index (χ0n) is 15.9. The molecule has 0 spiro atoms. The Kier molecular flexibility index (Phi) is 5.86. The van der Waals surface area contributed by atoms with Gasteiger partial charge in [-0.15, -0.1) is 0 Å². The van der Waals surface area contributed by atoms with Gasteiger partial charge in [0, 0.05) is 6.04 Å². The fourth-order valence-corrected chi connectivity index (χ4v) is 2.94. The van der Waals surface area contributed by atoms with Crippen LogP contribution in [0.25, 0.3) is 0 Å². The highest BCUT2D eigenvalue weighted by atomic mass is 16.5. The van der Waals surface area contributed by atoms with Crippen molar-refractivity contribution >= 4 is 17.8 Å². The van der Waals surface area contributed by atoms with E-state index in [1.165, 1.54) is 0 Å². The van der Waals surface area contributed by atoms with Gasteiger partial charge < -0.3 is 20.3 Å². The Hall–Kier alpha value is -2.61. The molecule has 1 aromatic carbocycles. The number of hydrogen-bond donors (Lipinski definition) is 3. The van der Waals surface area contributed by atoms with Crippen LogP contribution in [0.4, 0.5) is 4.79 Å². The molecule has 2 atom stereocenters. The predicted molar refractivity (Wildman–Crippen MR) is 95.6 cm³/mol. The Morgan fingerprint density at radius 1 is 1.38 bits per heavy atom. The number of hydrogen-bond acceptors (Lipinski definition) is 4. The quantitative estimate of drug-likeness (QED) is 0.568. The molecule has 0 bridgehead atoms. The number of nitrogens with zero attached hydrogens (tertiary/aromatic N) is 1. The molecule has 142 valence electrons. The lowest BCUT2D eigenvalue weighted by atomic mass is 9.92. The summed E-state index contributed by atoms with van der Waals surface area (Å²) in [6.07, 6.45) is 0. The number of amides is 4. The smallest absolute Gasteiger partial charge is 0.329 e. The molecule has 1 aromatic rings. The number of quaternary nitrogens is 1. The number of methoxy groups -OCH3 is 1. The molecule has 1 unspecified atom stereocenters. The van der Waals surface area contributed by atoms with Crippen LogP contribution in [0, 0.1) is 0 Å². The average molecular weight is 363 g/mol. The van der Waals surface area contributed by atoms with Crippen LogP contribution >= 0.6 is 0 Å². The normalized spacial score (nSPS) is 20.9. The Balaban J connectivity index is 2.11. The van der Waals surface area contributed by atoms with E-state index in [9.17, 15) is 14.4 Å². The standard InChI is InChI=1S/C18H26N4O4/c1-12(2)19-15(23)10-21(4)11-22-16(24)18(3,20-17(22)25)13-7-6-8-14(9-13)26-5/h6-9,12H,10-11H2,1-5H3,(H,19,23)(H,20,25)/p+1/t18-/m0/s1. The molecule has 8 heteroatoms. The molecule has 2 rings (SSSR count). The van der Waals surface area contributed by atoms with Crippen molar-refractivity contribution in [1.29, 1.82) is 0 Å². The number of urea groups is 1. The average Bonchev–Trinajstić information content (AvgIpc) is 2.78. The summed E-state index contributed by atoms with van der Waals surface area (Å²) in [5, 5.41) is 5.55. The Labute approximate surface area is 153 Å². The highest BCUT2D eigenvalue weighted by Gasteiger charge is 2.50. The summed E-state index contributed by atoms with van der Waals surface area (Å²) in [7, 11) is 3.31. The maximum Gasteiger partial charge on any atom is 0.329 e. The summed E-state index contributed by atoms with van der Waals surface area (Å²) >= 11 is 0. The molecule has 1 saturated heterocycles. The van der Waals surface area contributed by atoms with Gasteiger partial charge in [-0.1, -0.05) is 12.1 Å². The van der Waals surface area contributed by atoms with E-state index in [1.807, 2.05) is 13.8 Å². The van der Waals surface area contributed by atoms with Crippen molar-refractivity contribution < 1.29 is 24.0 Å². The third-order valence-corrected chi connectivity index (χ3v) is 4.26. The SMILES string of the molecule is COc1cccc([C@]2(C)NC(=O)N(C[NH+](C)CC(=O)NC(C)C)C2=O)c1. The van der Waals surface area contributed by atoms with Gasteiger partial charge in [0.05, 0.1) is 14.2 Å². The number of benzene rings is 1. The van der Waals surface area contributed by atoms with Crippen molar-refractivity contribution in [2.75, 3.05) is 27.4 Å². The van der Waals surface area contributed by atoms with Gasteiger partial charge in [-0.3, -0.25) is 9.59 Å². The van der Waals surface area contributed by atoms with E-state index in [4.69, 9.17) is 4.74 Å². The summed E-state index contributed by atoms with van der Waals surface area (Å²) < 4.78 is 5.20. The van der Waals surface area contributed by atoms with Gasteiger partial charge in [0.25, 0.3) is 11.8 Å². The third kappa shape index (κ3) is 4.13. The molecular formula is C18H27N4O4+. The molecule has 1 fully saturated rings. The maximum atomic E-state index is 12.9. The second-order valence-corrected chi connectivity index (χ2v) is 7.03. The third-order valence-electron chi connectivity index (χ3n) is 4.26. The molecule has 1 aliphatic rings. The zero-order valence-corrected chi connectivity index (χ0v) is 15.9. The van der Waals surface area contributed by atoms with Gasteiger partial charge in [0.15, 0.2) is 13.2 Å². The van der Waals surface area contributed by atoms with Crippen molar-refractivity contribution in [3.05, 3.63) is 29.8 Å². The van der Waals surface area contributed by atoms with Gasteiger partial charge in [-0.05, 0) is 38.5 Å². The largest absolute Gasteiger partial charge is 0.497 e. The number of likely N-dealkylation sites (N-methyl/N-ethyl adjacent to an activating group) is 1. The van der Waals surface area contributed by atoms with Gasteiger partial charge >= 0.3 is 6.03 Å². The fourth-order valence-electron chi connectivity index (χ4n) is 2.94. The summed E-state index contributed by atoms with van der Waals surface area (Å²) in [5.74, 6) is 0.136. The highest BCUT2D eigenvalue weighted by Crippen LogP contribution is 2.30. The van der Waals surface area contributed by atoms with E-state index in [0.29, 0.717) is 11.3 Å². The number of rotatable bonds is 7. The van der Waals surface area contributed by atoms with Crippen LogP contribution in [0.2, 0.25) is 0 Å². The summed E-state index contributed by atoms with van der Waals surface area (Å²) in [4.78, 5) is 39.1. The first kappa shape index (κ1) is 19.7. The lowest BCUT2D eigenvalue weighted by Gasteiger charge is -2.23. The number of ether oxygens (including phenoxy) is 1. The van der Waals surface area contributed by atoms with Crippen LogP contribution in [0.3, 0.4) is 0 Å². The number of carbonyl (C=O) groups excluding carboxylic acids is 3. The fraction of sp³-hybridized carbons (Fsp3) is 0.500. The van der Waals surface area contributed by atoms with Gasteiger partial charge in [-0.2, -0.15) is 0 Å². The molecule has 4 amide bonds. The first-order chi connectivity index (χ1) is 12.2. The topological polar surface area (TPSA) is 92.2 Å². The van der Waals surface area contributed by atoms with Gasteiger partial charge in [0.2, 0.25) is 0 Å². The van der Waals surface area contributed by atoms with Gasteiger partial charge in [-0.25, -0.2) is 9.69 Å². The van der Waals surface area contributed by atoms with Crippen molar-refractivity contribution in [2.24, 2.45) is 0 Å². The molecule has 26 heavy (non-hydrogen) atoms. The van der Waals surface area contributed by atoms with Crippen LogP contribution in [0.5, 0.6) is 5.75 Å². The molecule has 1 heterocycles. The van der Waals surface area contributed by atoms with E-state index in [-0.39, 0.29) is 31.1 Å². The summed E-state index contributed by atoms with van der Waals surface area (Å²) in [6, 6.07) is 6.63. The Bertz CT molecular complexity index is 706. The minimum Gasteiger partial charge on any atom is -0.497 e. The minimum absolute atomic E-state index is 0.0448. The van der Waals surface area contributed by atoms with Crippen molar-refractivity contribution in [2.45, 2.75) is 32.4 Å². The van der Waals surface area contributed by atoms with Crippen LogP contribution < -0.4 is 20.3 Å². The monoisotopic (exact) mass is 363 g/mol. The number of imide groups is 1. The molecule has 0 aliphatic carbocycles. The zero-order chi connectivity index (χ0) is 19.5. The second-order valence-electron chi connectivity index (χ2n) is 7.03. The van der Waals surface area contributed by atoms with Crippen molar-refractivity contribution in [1.82, 2.24) is 15.5 Å². The van der Waals surface area contributed by atoms with Gasteiger partial charge in [0.1, 0.15) is 11.3 Å². The van der Waals surface area contributed by atoms with E-state index in [1.54, 1.807) is 45.3 Å². The Morgan fingerprint density at radius 2 is 2.08 bits per heavy atom. The first-order valence-electron chi connectivity index (χ1n) is 8.56. The summed E-state index contributed by atoms with van der Waals surface area (Å²) in [6.45, 7) is 5.71. The molecule has 1 aliphatic heterocycles. The molecule has 0 aromatic heterocycles. The predicted octanol–water partition coefficient (Wildman–Crippen LogP) is -0.541. The van der Waals surface area contributed by atoms with E-state index in [2.05, 4.69) is 10.6 Å². The molecule has 0 radical (unpaired) electrons. The lowest BCUT2D eigenvalue weighted by Crippen LogP contribution is -3.12. The number of carbonyl (C=O) groups is 3.